The SMILES string of the molecule is Cc1cc([C@H]2CCCN2Cc2noc(C(C)(C)C)n2)no1. The first-order valence-electron chi connectivity index (χ1n) is 7.44. The van der Waals surface area contributed by atoms with E-state index in [0.29, 0.717) is 18.5 Å². The molecule has 0 amide bonds. The molecule has 1 saturated heterocycles. The summed E-state index contributed by atoms with van der Waals surface area (Å²) in [5.74, 6) is 2.28. The van der Waals surface area contributed by atoms with E-state index in [4.69, 9.17) is 9.05 Å². The Hall–Kier alpha value is -1.69. The van der Waals surface area contributed by atoms with Gasteiger partial charge in [0.05, 0.1) is 12.6 Å². The molecule has 1 aliphatic rings. The quantitative estimate of drug-likeness (QED) is 0.865. The summed E-state index contributed by atoms with van der Waals surface area (Å²) in [6.07, 6.45) is 2.25. The van der Waals surface area contributed by atoms with Crippen molar-refractivity contribution in [3.05, 3.63) is 29.2 Å². The molecule has 0 aliphatic carbocycles. The van der Waals surface area contributed by atoms with E-state index in [1.165, 1.54) is 0 Å². The first-order valence-corrected chi connectivity index (χ1v) is 7.44. The third kappa shape index (κ3) is 3.00. The van der Waals surface area contributed by atoms with Crippen LogP contribution in [0.5, 0.6) is 0 Å². The lowest BCUT2D eigenvalue weighted by Crippen LogP contribution is -2.23. The third-order valence-corrected chi connectivity index (χ3v) is 3.81. The third-order valence-electron chi connectivity index (χ3n) is 3.81. The molecule has 0 saturated carbocycles. The van der Waals surface area contributed by atoms with Gasteiger partial charge in [-0.2, -0.15) is 4.98 Å². The van der Waals surface area contributed by atoms with Crippen LogP contribution in [-0.2, 0) is 12.0 Å². The smallest absolute Gasteiger partial charge is 0.232 e. The normalized spacial score (nSPS) is 20.3. The minimum Gasteiger partial charge on any atom is -0.361 e. The fourth-order valence-corrected chi connectivity index (χ4v) is 2.70. The molecule has 6 heteroatoms. The van der Waals surface area contributed by atoms with Crippen LogP contribution < -0.4 is 0 Å². The Balaban J connectivity index is 1.73. The average Bonchev–Trinajstić information content (AvgIpc) is 3.08. The van der Waals surface area contributed by atoms with Gasteiger partial charge in [0, 0.05) is 11.5 Å². The van der Waals surface area contributed by atoms with Gasteiger partial charge in [-0.1, -0.05) is 31.1 Å². The molecule has 0 aromatic carbocycles. The van der Waals surface area contributed by atoms with Crippen LogP contribution in [0, 0.1) is 6.92 Å². The topological polar surface area (TPSA) is 68.2 Å². The van der Waals surface area contributed by atoms with E-state index in [1.54, 1.807) is 0 Å². The lowest BCUT2D eigenvalue weighted by molar-refractivity contribution is 0.227. The summed E-state index contributed by atoms with van der Waals surface area (Å²) in [5, 5.41) is 8.26. The standard InChI is InChI=1S/C15H22N4O2/c1-10-8-11(17-20-10)12-6-5-7-19(12)9-13-16-14(21-18-13)15(2,3)4/h8,12H,5-7,9H2,1-4H3/t12-/m1/s1. The average molecular weight is 290 g/mol. The number of nitrogens with zero attached hydrogens (tertiary/aromatic N) is 4. The van der Waals surface area contributed by atoms with Crippen molar-refractivity contribution < 1.29 is 9.05 Å². The van der Waals surface area contributed by atoms with Crippen molar-refractivity contribution in [1.82, 2.24) is 20.2 Å². The van der Waals surface area contributed by atoms with Gasteiger partial charge in [0.25, 0.3) is 0 Å². The Morgan fingerprint density at radius 2 is 2.10 bits per heavy atom. The maximum atomic E-state index is 5.36. The molecule has 0 spiro atoms. The Kier molecular flexibility index (Phi) is 3.57. The first-order chi connectivity index (χ1) is 9.93. The summed E-state index contributed by atoms with van der Waals surface area (Å²) < 4.78 is 10.6. The molecule has 1 atom stereocenters. The van der Waals surface area contributed by atoms with E-state index in [-0.39, 0.29) is 5.41 Å². The molecule has 3 heterocycles. The predicted octanol–water partition coefficient (Wildman–Crippen LogP) is 3.00. The van der Waals surface area contributed by atoms with Crippen LogP contribution in [0.1, 0.15) is 62.8 Å². The van der Waals surface area contributed by atoms with Crippen molar-refractivity contribution >= 4 is 0 Å². The summed E-state index contributed by atoms with van der Waals surface area (Å²) >= 11 is 0. The Labute approximate surface area is 124 Å². The van der Waals surface area contributed by atoms with Crippen molar-refractivity contribution in [2.45, 2.75) is 58.5 Å². The lowest BCUT2D eigenvalue weighted by Gasteiger charge is -2.20. The monoisotopic (exact) mass is 290 g/mol. The molecular weight excluding hydrogens is 268 g/mol. The zero-order chi connectivity index (χ0) is 15.0. The Morgan fingerprint density at radius 1 is 1.29 bits per heavy atom. The molecule has 0 radical (unpaired) electrons. The zero-order valence-corrected chi connectivity index (χ0v) is 13.1. The molecule has 3 rings (SSSR count). The Bertz CT molecular complexity index is 611. The highest BCUT2D eigenvalue weighted by Crippen LogP contribution is 2.32. The molecule has 0 unspecified atom stereocenters. The summed E-state index contributed by atoms with van der Waals surface area (Å²) in [7, 11) is 0. The van der Waals surface area contributed by atoms with Crippen molar-refractivity contribution in [3.8, 4) is 0 Å². The number of hydrogen-bond acceptors (Lipinski definition) is 6. The van der Waals surface area contributed by atoms with Gasteiger partial charge in [-0.05, 0) is 26.3 Å². The van der Waals surface area contributed by atoms with Gasteiger partial charge < -0.3 is 9.05 Å². The summed E-state index contributed by atoms with van der Waals surface area (Å²) in [6.45, 7) is 9.85. The van der Waals surface area contributed by atoms with Gasteiger partial charge in [0.1, 0.15) is 11.5 Å². The molecule has 0 N–H and O–H groups in total. The number of likely N-dealkylation sites (tertiary alicyclic amines) is 1. The number of hydrogen-bond donors (Lipinski definition) is 0. The molecule has 1 fully saturated rings. The minimum absolute atomic E-state index is 0.112. The molecule has 6 nitrogen and oxygen atoms in total. The van der Waals surface area contributed by atoms with Crippen LogP contribution in [-0.4, -0.2) is 26.7 Å². The number of aromatic nitrogens is 3. The van der Waals surface area contributed by atoms with Crippen molar-refractivity contribution in [3.63, 3.8) is 0 Å². The molecule has 21 heavy (non-hydrogen) atoms. The molecular formula is C15H22N4O2. The highest BCUT2D eigenvalue weighted by atomic mass is 16.5. The van der Waals surface area contributed by atoms with E-state index in [9.17, 15) is 0 Å². The highest BCUT2D eigenvalue weighted by Gasteiger charge is 2.30. The molecule has 2 aromatic heterocycles. The maximum Gasteiger partial charge on any atom is 0.232 e. The van der Waals surface area contributed by atoms with E-state index >= 15 is 0 Å². The van der Waals surface area contributed by atoms with E-state index in [1.807, 2.05) is 13.0 Å². The Morgan fingerprint density at radius 3 is 2.71 bits per heavy atom. The van der Waals surface area contributed by atoms with E-state index in [0.717, 1.165) is 36.7 Å². The van der Waals surface area contributed by atoms with Crippen LogP contribution in [0.25, 0.3) is 0 Å². The van der Waals surface area contributed by atoms with Crippen LogP contribution in [0.2, 0.25) is 0 Å². The van der Waals surface area contributed by atoms with E-state index in [2.05, 4.69) is 41.0 Å². The molecule has 1 aliphatic heterocycles. The molecule has 0 bridgehead atoms. The van der Waals surface area contributed by atoms with Gasteiger partial charge in [-0.3, -0.25) is 4.90 Å². The predicted molar refractivity (Wildman–Crippen MR) is 76.6 cm³/mol. The van der Waals surface area contributed by atoms with E-state index < -0.39 is 0 Å². The second-order valence-electron chi connectivity index (χ2n) is 6.76. The van der Waals surface area contributed by atoms with Crippen LogP contribution in [0.4, 0.5) is 0 Å². The van der Waals surface area contributed by atoms with Gasteiger partial charge in [0.15, 0.2) is 5.82 Å². The summed E-state index contributed by atoms with van der Waals surface area (Å²) in [5.41, 5.74) is 0.892. The van der Waals surface area contributed by atoms with Gasteiger partial charge in [0.2, 0.25) is 5.89 Å². The minimum atomic E-state index is -0.112. The highest BCUT2D eigenvalue weighted by molar-refractivity contribution is 5.11. The number of aryl methyl sites for hydroxylation is 1. The lowest BCUT2D eigenvalue weighted by atomic mass is 9.97. The summed E-state index contributed by atoms with van der Waals surface area (Å²) in [6, 6.07) is 2.30. The fourth-order valence-electron chi connectivity index (χ4n) is 2.70. The number of rotatable bonds is 3. The summed E-state index contributed by atoms with van der Waals surface area (Å²) in [4.78, 5) is 6.86. The maximum absolute atomic E-state index is 5.36. The zero-order valence-electron chi connectivity index (χ0n) is 13.1. The second-order valence-corrected chi connectivity index (χ2v) is 6.76. The second kappa shape index (κ2) is 5.26. The largest absolute Gasteiger partial charge is 0.361 e. The van der Waals surface area contributed by atoms with Crippen LogP contribution in [0.15, 0.2) is 15.1 Å². The van der Waals surface area contributed by atoms with Crippen LogP contribution >= 0.6 is 0 Å². The van der Waals surface area contributed by atoms with Crippen molar-refractivity contribution in [2.75, 3.05) is 6.54 Å². The van der Waals surface area contributed by atoms with Gasteiger partial charge >= 0.3 is 0 Å². The first kappa shape index (κ1) is 14.3. The van der Waals surface area contributed by atoms with Gasteiger partial charge in [-0.15, -0.1) is 0 Å². The van der Waals surface area contributed by atoms with Gasteiger partial charge in [-0.25, -0.2) is 0 Å². The van der Waals surface area contributed by atoms with Crippen LogP contribution in [0.3, 0.4) is 0 Å². The van der Waals surface area contributed by atoms with Crippen molar-refractivity contribution in [1.29, 1.82) is 0 Å². The molecule has 2 aromatic rings. The van der Waals surface area contributed by atoms with Crippen molar-refractivity contribution in [2.24, 2.45) is 0 Å². The molecule has 114 valence electrons. The fraction of sp³-hybridized carbons (Fsp3) is 0.667.